The molecule has 1 aliphatic heterocycles. The van der Waals surface area contributed by atoms with E-state index in [1.165, 1.54) is 6.92 Å². The van der Waals surface area contributed by atoms with Crippen LogP contribution in [0, 0.1) is 5.41 Å². The standard InChI is InChI=1S/C15H20N2O3/c1-5-17-12-7-6-11(16-10(2)18)8-13(12)20-9-15(3,4)14(17)19/h6-8H,5,9H2,1-4H3,(H,16,18). The number of nitrogens with zero attached hydrogens (tertiary/aromatic N) is 1. The van der Waals surface area contributed by atoms with Crippen molar-refractivity contribution in [1.29, 1.82) is 0 Å². The highest BCUT2D eigenvalue weighted by Gasteiger charge is 2.37. The molecular weight excluding hydrogens is 256 g/mol. The zero-order valence-corrected chi connectivity index (χ0v) is 12.3. The van der Waals surface area contributed by atoms with Crippen LogP contribution in [-0.4, -0.2) is 25.0 Å². The maximum atomic E-state index is 12.5. The maximum absolute atomic E-state index is 12.5. The van der Waals surface area contributed by atoms with Crippen molar-refractivity contribution >= 4 is 23.2 Å². The normalized spacial score (nSPS) is 17.0. The summed E-state index contributed by atoms with van der Waals surface area (Å²) < 4.78 is 5.77. The number of hydrogen-bond donors (Lipinski definition) is 1. The third kappa shape index (κ3) is 2.61. The molecule has 0 aromatic heterocycles. The van der Waals surface area contributed by atoms with Gasteiger partial charge in [0.1, 0.15) is 12.4 Å². The van der Waals surface area contributed by atoms with E-state index in [2.05, 4.69) is 5.32 Å². The van der Waals surface area contributed by atoms with E-state index in [1.54, 1.807) is 17.0 Å². The lowest BCUT2D eigenvalue weighted by molar-refractivity contribution is -0.127. The first-order valence-corrected chi connectivity index (χ1v) is 6.71. The van der Waals surface area contributed by atoms with Gasteiger partial charge in [-0.1, -0.05) is 0 Å². The third-order valence-electron chi connectivity index (χ3n) is 3.30. The number of benzene rings is 1. The van der Waals surface area contributed by atoms with E-state index >= 15 is 0 Å². The quantitative estimate of drug-likeness (QED) is 0.902. The van der Waals surface area contributed by atoms with E-state index in [0.29, 0.717) is 24.6 Å². The van der Waals surface area contributed by atoms with Crippen LogP contribution in [0.1, 0.15) is 27.7 Å². The summed E-state index contributed by atoms with van der Waals surface area (Å²) in [7, 11) is 0. The Bertz CT molecular complexity index is 552. The smallest absolute Gasteiger partial charge is 0.236 e. The Morgan fingerprint density at radius 2 is 2.15 bits per heavy atom. The number of ether oxygens (including phenoxy) is 1. The second-order valence-electron chi connectivity index (χ2n) is 5.59. The van der Waals surface area contributed by atoms with Crippen molar-refractivity contribution in [2.24, 2.45) is 5.41 Å². The predicted octanol–water partition coefficient (Wildman–Crippen LogP) is 2.42. The fourth-order valence-electron chi connectivity index (χ4n) is 2.24. The molecule has 1 aliphatic rings. The minimum atomic E-state index is -0.566. The molecule has 0 spiro atoms. The Morgan fingerprint density at radius 1 is 1.45 bits per heavy atom. The van der Waals surface area contributed by atoms with Gasteiger partial charge in [-0.25, -0.2) is 0 Å². The highest BCUT2D eigenvalue weighted by molar-refractivity contribution is 6.00. The second-order valence-corrected chi connectivity index (χ2v) is 5.59. The van der Waals surface area contributed by atoms with E-state index < -0.39 is 5.41 Å². The molecule has 1 aromatic rings. The minimum Gasteiger partial charge on any atom is -0.490 e. The summed E-state index contributed by atoms with van der Waals surface area (Å²) in [6, 6.07) is 5.34. The van der Waals surface area contributed by atoms with E-state index in [1.807, 2.05) is 26.8 Å². The molecule has 1 aromatic carbocycles. The minimum absolute atomic E-state index is 0.0472. The number of hydrogen-bond acceptors (Lipinski definition) is 3. The van der Waals surface area contributed by atoms with Gasteiger partial charge in [-0.2, -0.15) is 0 Å². The summed E-state index contributed by atoms with van der Waals surface area (Å²) in [5.74, 6) is 0.533. The Kier molecular flexibility index (Phi) is 3.70. The fraction of sp³-hybridized carbons (Fsp3) is 0.467. The van der Waals surface area contributed by atoms with Gasteiger partial charge in [-0.15, -0.1) is 0 Å². The number of nitrogens with one attached hydrogen (secondary N) is 1. The lowest BCUT2D eigenvalue weighted by atomic mass is 9.93. The monoisotopic (exact) mass is 276 g/mol. The number of rotatable bonds is 2. The average molecular weight is 276 g/mol. The van der Waals surface area contributed by atoms with Crippen molar-refractivity contribution < 1.29 is 14.3 Å². The molecule has 0 atom stereocenters. The molecule has 0 fully saturated rings. The summed E-state index contributed by atoms with van der Waals surface area (Å²) in [6.07, 6.45) is 0. The van der Waals surface area contributed by atoms with Gasteiger partial charge in [-0.3, -0.25) is 9.59 Å². The lowest BCUT2D eigenvalue weighted by Gasteiger charge is -2.26. The SMILES string of the molecule is CCN1C(=O)C(C)(C)COc2cc(NC(C)=O)ccc21. The molecule has 0 radical (unpaired) electrons. The largest absolute Gasteiger partial charge is 0.490 e. The van der Waals surface area contributed by atoms with Crippen LogP contribution in [-0.2, 0) is 9.59 Å². The van der Waals surface area contributed by atoms with Crippen molar-refractivity contribution in [3.05, 3.63) is 18.2 Å². The second kappa shape index (κ2) is 5.15. The Morgan fingerprint density at radius 3 is 2.75 bits per heavy atom. The number of fused-ring (bicyclic) bond motifs is 1. The van der Waals surface area contributed by atoms with Crippen LogP contribution < -0.4 is 15.0 Å². The lowest BCUT2D eigenvalue weighted by Crippen LogP contribution is -2.42. The topological polar surface area (TPSA) is 58.6 Å². The van der Waals surface area contributed by atoms with Gasteiger partial charge in [0.2, 0.25) is 11.8 Å². The maximum Gasteiger partial charge on any atom is 0.236 e. The van der Waals surface area contributed by atoms with Crippen LogP contribution in [0.3, 0.4) is 0 Å². The summed E-state index contributed by atoms with van der Waals surface area (Å²) in [4.78, 5) is 25.3. The zero-order valence-electron chi connectivity index (χ0n) is 12.3. The fourth-order valence-corrected chi connectivity index (χ4v) is 2.24. The van der Waals surface area contributed by atoms with E-state index in [-0.39, 0.29) is 11.8 Å². The molecule has 1 N–H and O–H groups in total. The molecule has 0 saturated carbocycles. The van der Waals surface area contributed by atoms with Crippen LogP contribution in [0.4, 0.5) is 11.4 Å². The van der Waals surface area contributed by atoms with Crippen molar-refractivity contribution in [3.63, 3.8) is 0 Å². The Hall–Kier alpha value is -2.04. The van der Waals surface area contributed by atoms with Crippen molar-refractivity contribution in [1.82, 2.24) is 0 Å². The molecule has 5 heteroatoms. The molecule has 2 rings (SSSR count). The number of carbonyl (C=O) groups is 2. The molecule has 0 unspecified atom stereocenters. The number of carbonyl (C=O) groups excluding carboxylic acids is 2. The Labute approximate surface area is 118 Å². The van der Waals surface area contributed by atoms with Crippen LogP contribution in [0.25, 0.3) is 0 Å². The van der Waals surface area contributed by atoms with Gasteiger partial charge in [-0.05, 0) is 32.9 Å². The summed E-state index contributed by atoms with van der Waals surface area (Å²) in [6.45, 7) is 8.04. The first kappa shape index (κ1) is 14.4. The van der Waals surface area contributed by atoms with Crippen molar-refractivity contribution in [2.75, 3.05) is 23.4 Å². The molecule has 0 saturated heterocycles. The predicted molar refractivity (Wildman–Crippen MR) is 78.0 cm³/mol. The van der Waals surface area contributed by atoms with E-state index in [0.717, 1.165) is 5.69 Å². The molecular formula is C15H20N2O3. The first-order valence-electron chi connectivity index (χ1n) is 6.71. The molecule has 0 aliphatic carbocycles. The van der Waals surface area contributed by atoms with E-state index in [4.69, 9.17) is 4.74 Å². The summed E-state index contributed by atoms with van der Waals surface area (Å²) in [5.41, 5.74) is 0.847. The van der Waals surface area contributed by atoms with Crippen LogP contribution >= 0.6 is 0 Å². The molecule has 2 amide bonds. The van der Waals surface area contributed by atoms with Gasteiger partial charge in [0.25, 0.3) is 0 Å². The highest BCUT2D eigenvalue weighted by atomic mass is 16.5. The zero-order chi connectivity index (χ0) is 14.9. The number of amides is 2. The van der Waals surface area contributed by atoms with E-state index in [9.17, 15) is 9.59 Å². The average Bonchev–Trinajstić information content (AvgIpc) is 2.46. The molecule has 20 heavy (non-hydrogen) atoms. The third-order valence-corrected chi connectivity index (χ3v) is 3.30. The van der Waals surface area contributed by atoms with Gasteiger partial charge in [0.15, 0.2) is 0 Å². The van der Waals surface area contributed by atoms with Crippen LogP contribution in [0.5, 0.6) is 5.75 Å². The van der Waals surface area contributed by atoms with Gasteiger partial charge < -0.3 is 15.0 Å². The van der Waals surface area contributed by atoms with Crippen molar-refractivity contribution in [3.8, 4) is 5.75 Å². The van der Waals surface area contributed by atoms with Crippen LogP contribution in [0.15, 0.2) is 18.2 Å². The highest BCUT2D eigenvalue weighted by Crippen LogP contribution is 2.37. The molecule has 5 nitrogen and oxygen atoms in total. The summed E-state index contributed by atoms with van der Waals surface area (Å²) in [5, 5.41) is 2.72. The Balaban J connectivity index is 2.44. The molecule has 1 heterocycles. The molecule has 108 valence electrons. The van der Waals surface area contributed by atoms with Crippen molar-refractivity contribution in [2.45, 2.75) is 27.7 Å². The number of anilines is 2. The van der Waals surface area contributed by atoms with Gasteiger partial charge in [0.05, 0.1) is 11.1 Å². The summed E-state index contributed by atoms with van der Waals surface area (Å²) >= 11 is 0. The van der Waals surface area contributed by atoms with Gasteiger partial charge >= 0.3 is 0 Å². The van der Waals surface area contributed by atoms with Gasteiger partial charge in [0, 0.05) is 25.2 Å². The van der Waals surface area contributed by atoms with Crippen LogP contribution in [0.2, 0.25) is 0 Å². The molecule has 0 bridgehead atoms. The first-order chi connectivity index (χ1) is 9.35.